The van der Waals surface area contributed by atoms with Gasteiger partial charge >= 0.3 is 0 Å². The summed E-state index contributed by atoms with van der Waals surface area (Å²) in [6.07, 6.45) is 1.17. The molecule has 1 heterocycles. The Hall–Kier alpha value is -1.41. The van der Waals surface area contributed by atoms with Crippen LogP contribution < -0.4 is 9.62 Å². The second-order valence-corrected chi connectivity index (χ2v) is 9.72. The van der Waals surface area contributed by atoms with E-state index in [1.165, 1.54) is 6.92 Å². The summed E-state index contributed by atoms with van der Waals surface area (Å²) in [7, 11) is -3.78. The van der Waals surface area contributed by atoms with Crippen molar-refractivity contribution >= 4 is 49.1 Å². The summed E-state index contributed by atoms with van der Waals surface area (Å²) in [4.78, 5) is 13.8. The number of amides is 1. The van der Waals surface area contributed by atoms with Gasteiger partial charge in [0.25, 0.3) is 0 Å². The Morgan fingerprint density at radius 1 is 1.30 bits per heavy atom. The highest BCUT2D eigenvalue weighted by Crippen LogP contribution is 2.40. The summed E-state index contributed by atoms with van der Waals surface area (Å²) in [5.41, 5.74) is 2.32. The predicted octanol–water partition coefficient (Wildman–Crippen LogP) is 3.92. The molecule has 0 unspecified atom stereocenters. The number of hydrogen-bond donors (Lipinski definition) is 1. The standard InChI is InChI=1S/C19H20BrClN2O3S/c1-12-9-15-10-16(20)11-18(19(15)23(12)13(2)24)27(25,26)22-8-7-14-3-5-17(21)6-4-14/h3-6,10-12,22H,7-9H2,1-2H3/t12-/m1/s1. The molecule has 3 rings (SSSR count). The lowest BCUT2D eigenvalue weighted by Gasteiger charge is -2.23. The van der Waals surface area contributed by atoms with Gasteiger partial charge in [0, 0.05) is 29.0 Å². The molecular weight excluding hydrogens is 452 g/mol. The highest BCUT2D eigenvalue weighted by molar-refractivity contribution is 9.10. The van der Waals surface area contributed by atoms with Crippen molar-refractivity contribution in [2.45, 2.75) is 37.6 Å². The van der Waals surface area contributed by atoms with Crippen molar-refractivity contribution in [1.82, 2.24) is 4.72 Å². The van der Waals surface area contributed by atoms with Gasteiger partial charge in [-0.1, -0.05) is 39.7 Å². The second kappa shape index (κ2) is 7.91. The molecule has 1 aliphatic rings. The Bertz CT molecular complexity index is 977. The van der Waals surface area contributed by atoms with E-state index in [-0.39, 0.29) is 23.4 Å². The number of nitrogens with zero attached hydrogens (tertiary/aromatic N) is 1. The van der Waals surface area contributed by atoms with Crippen LogP contribution in [0.15, 0.2) is 45.8 Å². The largest absolute Gasteiger partial charge is 0.308 e. The second-order valence-electron chi connectivity index (χ2n) is 6.63. The molecular formula is C19H20BrClN2O3S. The number of carbonyl (C=O) groups excluding carboxylic acids is 1. The Balaban J connectivity index is 1.86. The van der Waals surface area contributed by atoms with Gasteiger partial charge in [0.05, 0.1) is 5.69 Å². The average Bonchev–Trinajstić information content (AvgIpc) is 2.91. The molecule has 0 bridgehead atoms. The fraction of sp³-hybridized carbons (Fsp3) is 0.316. The van der Waals surface area contributed by atoms with Gasteiger partial charge in [-0.15, -0.1) is 0 Å². The van der Waals surface area contributed by atoms with Gasteiger partial charge in [-0.05, 0) is 55.2 Å². The molecule has 2 aromatic rings. The van der Waals surface area contributed by atoms with Crippen LogP contribution in [0.3, 0.4) is 0 Å². The van der Waals surface area contributed by atoms with Crippen molar-refractivity contribution in [3.8, 4) is 0 Å². The highest BCUT2D eigenvalue weighted by Gasteiger charge is 2.35. The third-order valence-corrected chi connectivity index (χ3v) is 6.75. The van der Waals surface area contributed by atoms with Gasteiger partial charge in [-0.3, -0.25) is 4.79 Å². The van der Waals surface area contributed by atoms with Gasteiger partial charge in [0.2, 0.25) is 15.9 Å². The molecule has 1 amide bonds. The van der Waals surface area contributed by atoms with Crippen molar-refractivity contribution in [2.24, 2.45) is 0 Å². The summed E-state index contributed by atoms with van der Waals surface area (Å²) < 4.78 is 29.3. The molecule has 8 heteroatoms. The minimum Gasteiger partial charge on any atom is -0.308 e. The quantitative estimate of drug-likeness (QED) is 0.719. The lowest BCUT2D eigenvalue weighted by atomic mass is 10.1. The van der Waals surface area contributed by atoms with Crippen molar-refractivity contribution in [1.29, 1.82) is 0 Å². The summed E-state index contributed by atoms with van der Waals surface area (Å²) in [6, 6.07) is 10.6. The third-order valence-electron chi connectivity index (χ3n) is 4.56. The molecule has 0 aromatic heterocycles. The number of rotatable bonds is 5. The van der Waals surface area contributed by atoms with Crippen molar-refractivity contribution in [2.75, 3.05) is 11.4 Å². The highest BCUT2D eigenvalue weighted by atomic mass is 79.9. The van der Waals surface area contributed by atoms with Crippen molar-refractivity contribution in [3.63, 3.8) is 0 Å². The molecule has 5 nitrogen and oxygen atoms in total. The average molecular weight is 472 g/mol. The Kier molecular flexibility index (Phi) is 5.96. The summed E-state index contributed by atoms with van der Waals surface area (Å²) in [6.45, 7) is 3.62. The summed E-state index contributed by atoms with van der Waals surface area (Å²) in [5, 5.41) is 0.641. The van der Waals surface area contributed by atoms with Crippen LogP contribution >= 0.6 is 27.5 Å². The van der Waals surface area contributed by atoms with Gasteiger partial charge in [-0.2, -0.15) is 0 Å². The SMILES string of the molecule is CC(=O)N1c2c(cc(Br)cc2S(=O)(=O)NCCc2ccc(Cl)cc2)C[C@H]1C. The molecule has 27 heavy (non-hydrogen) atoms. The molecule has 0 saturated carbocycles. The molecule has 0 saturated heterocycles. The van der Waals surface area contributed by atoms with E-state index in [9.17, 15) is 13.2 Å². The van der Waals surface area contributed by atoms with E-state index in [1.807, 2.05) is 25.1 Å². The van der Waals surface area contributed by atoms with Gasteiger partial charge < -0.3 is 4.90 Å². The number of sulfonamides is 1. The lowest BCUT2D eigenvalue weighted by Crippen LogP contribution is -2.35. The minimum absolute atomic E-state index is 0.0742. The van der Waals surface area contributed by atoms with Crippen LogP contribution in [-0.4, -0.2) is 26.9 Å². The Labute approximate surface area is 172 Å². The number of nitrogens with one attached hydrogen (secondary N) is 1. The molecule has 144 valence electrons. The number of fused-ring (bicyclic) bond motifs is 1. The van der Waals surface area contributed by atoms with E-state index in [4.69, 9.17) is 11.6 Å². The lowest BCUT2D eigenvalue weighted by molar-refractivity contribution is -0.116. The van der Waals surface area contributed by atoms with Crippen LogP contribution in [0.5, 0.6) is 0 Å². The predicted molar refractivity (Wildman–Crippen MR) is 111 cm³/mol. The number of hydrogen-bond acceptors (Lipinski definition) is 3. The molecule has 1 atom stereocenters. The first-order chi connectivity index (χ1) is 12.7. The number of carbonyl (C=O) groups is 1. The zero-order valence-corrected chi connectivity index (χ0v) is 18.2. The van der Waals surface area contributed by atoms with Crippen LogP contribution in [0.1, 0.15) is 25.0 Å². The van der Waals surface area contributed by atoms with E-state index in [1.54, 1.807) is 23.1 Å². The smallest absolute Gasteiger partial charge is 0.242 e. The summed E-state index contributed by atoms with van der Waals surface area (Å²) in [5.74, 6) is -0.166. The van der Waals surface area contributed by atoms with Crippen LogP contribution in [0, 0.1) is 0 Å². The minimum atomic E-state index is -3.78. The van der Waals surface area contributed by atoms with Crippen LogP contribution in [0.4, 0.5) is 5.69 Å². The van der Waals surface area contributed by atoms with E-state index in [2.05, 4.69) is 20.7 Å². The first kappa shape index (κ1) is 20.3. The molecule has 0 aliphatic carbocycles. The number of anilines is 1. The summed E-state index contributed by atoms with van der Waals surface area (Å²) >= 11 is 9.26. The van der Waals surface area contributed by atoms with E-state index in [0.29, 0.717) is 28.0 Å². The van der Waals surface area contributed by atoms with Crippen LogP contribution in [0.2, 0.25) is 5.02 Å². The zero-order chi connectivity index (χ0) is 19.8. The molecule has 0 fully saturated rings. The van der Waals surface area contributed by atoms with Crippen LogP contribution in [0.25, 0.3) is 0 Å². The maximum atomic E-state index is 13.0. The van der Waals surface area contributed by atoms with Gasteiger partial charge in [0.1, 0.15) is 4.90 Å². The fourth-order valence-electron chi connectivity index (χ4n) is 3.42. The normalized spacial score (nSPS) is 16.4. The molecule has 0 radical (unpaired) electrons. The number of benzene rings is 2. The Morgan fingerprint density at radius 3 is 2.59 bits per heavy atom. The van der Waals surface area contributed by atoms with E-state index in [0.717, 1.165) is 11.1 Å². The molecule has 2 aromatic carbocycles. The van der Waals surface area contributed by atoms with Gasteiger partial charge in [0.15, 0.2) is 0 Å². The number of halogens is 2. The monoisotopic (exact) mass is 470 g/mol. The zero-order valence-electron chi connectivity index (χ0n) is 15.0. The first-order valence-electron chi connectivity index (χ1n) is 8.55. The maximum Gasteiger partial charge on any atom is 0.242 e. The molecule has 1 aliphatic heterocycles. The van der Waals surface area contributed by atoms with Crippen molar-refractivity contribution < 1.29 is 13.2 Å². The third kappa shape index (κ3) is 4.37. The fourth-order valence-corrected chi connectivity index (χ4v) is 5.49. The van der Waals surface area contributed by atoms with Crippen molar-refractivity contribution in [3.05, 3.63) is 57.0 Å². The molecule has 0 spiro atoms. The van der Waals surface area contributed by atoms with Gasteiger partial charge in [-0.25, -0.2) is 13.1 Å². The van der Waals surface area contributed by atoms with Crippen LogP contribution in [-0.2, 0) is 27.7 Å². The first-order valence-corrected chi connectivity index (χ1v) is 11.2. The van der Waals surface area contributed by atoms with E-state index < -0.39 is 10.0 Å². The topological polar surface area (TPSA) is 66.5 Å². The maximum absolute atomic E-state index is 13.0. The Morgan fingerprint density at radius 2 is 1.96 bits per heavy atom. The molecule has 1 N–H and O–H groups in total. The van der Waals surface area contributed by atoms with E-state index >= 15 is 0 Å².